The van der Waals surface area contributed by atoms with Crippen LogP contribution in [0.15, 0.2) is 65.6 Å². The second-order valence-corrected chi connectivity index (χ2v) is 4.30. The van der Waals surface area contributed by atoms with E-state index in [1.807, 2.05) is 54.6 Å². The third-order valence-corrected chi connectivity index (χ3v) is 2.66. The Kier molecular flexibility index (Phi) is 4.20. The van der Waals surface area contributed by atoms with Crippen LogP contribution in [0.3, 0.4) is 0 Å². The lowest BCUT2D eigenvalue weighted by atomic mass is 10.2. The van der Waals surface area contributed by atoms with Crippen molar-refractivity contribution < 1.29 is 4.79 Å². The van der Waals surface area contributed by atoms with E-state index in [2.05, 4.69) is 17.9 Å². The van der Waals surface area contributed by atoms with E-state index >= 15 is 0 Å². The molecule has 2 nitrogen and oxygen atoms in total. The van der Waals surface area contributed by atoms with Gasteiger partial charge in [0.05, 0.1) is 0 Å². The van der Waals surface area contributed by atoms with Crippen LogP contribution in [0.2, 0.25) is 0 Å². The van der Waals surface area contributed by atoms with Gasteiger partial charge < -0.3 is 5.32 Å². The summed E-state index contributed by atoms with van der Waals surface area (Å²) in [6.45, 7) is 0. The molecule has 0 aliphatic rings. The first-order valence-corrected chi connectivity index (χ1v) is 6.02. The molecule has 0 aromatic heterocycles. The lowest BCUT2D eigenvalue weighted by molar-refractivity contribution is -0.111. The molecule has 1 N–H and O–H groups in total. The SMILES string of the molecule is O=C(/C=C/c1ccccc1)Nc1ccc(S)cc1. The Bertz CT molecular complexity index is 546. The largest absolute Gasteiger partial charge is 0.323 e. The molecule has 0 bridgehead atoms. The van der Waals surface area contributed by atoms with Crippen molar-refractivity contribution in [2.75, 3.05) is 5.32 Å². The second-order valence-electron chi connectivity index (χ2n) is 3.78. The molecule has 0 saturated heterocycles. The number of rotatable bonds is 3. The van der Waals surface area contributed by atoms with Gasteiger partial charge in [-0.05, 0) is 35.9 Å². The molecule has 2 aromatic rings. The van der Waals surface area contributed by atoms with E-state index in [4.69, 9.17) is 0 Å². The van der Waals surface area contributed by atoms with Crippen LogP contribution in [0.5, 0.6) is 0 Å². The van der Waals surface area contributed by atoms with Gasteiger partial charge in [-0.25, -0.2) is 0 Å². The van der Waals surface area contributed by atoms with Gasteiger partial charge in [-0.3, -0.25) is 4.79 Å². The van der Waals surface area contributed by atoms with Crippen molar-refractivity contribution in [1.29, 1.82) is 0 Å². The second kappa shape index (κ2) is 6.07. The van der Waals surface area contributed by atoms with Crippen LogP contribution in [-0.4, -0.2) is 5.91 Å². The van der Waals surface area contributed by atoms with Gasteiger partial charge in [-0.15, -0.1) is 12.6 Å². The number of benzene rings is 2. The van der Waals surface area contributed by atoms with E-state index in [0.717, 1.165) is 16.1 Å². The first kappa shape index (κ1) is 12.5. The highest BCUT2D eigenvalue weighted by atomic mass is 32.1. The lowest BCUT2D eigenvalue weighted by Gasteiger charge is -2.01. The Morgan fingerprint density at radius 1 is 1.00 bits per heavy atom. The molecule has 0 saturated carbocycles. The highest BCUT2D eigenvalue weighted by Crippen LogP contribution is 2.12. The number of hydrogen-bond donors (Lipinski definition) is 2. The molecular formula is C15H13NOS. The smallest absolute Gasteiger partial charge is 0.248 e. The maximum atomic E-state index is 11.7. The van der Waals surface area contributed by atoms with Crippen molar-refractivity contribution in [2.45, 2.75) is 4.90 Å². The van der Waals surface area contributed by atoms with Crippen molar-refractivity contribution >= 4 is 30.3 Å². The minimum atomic E-state index is -0.147. The molecule has 0 spiro atoms. The summed E-state index contributed by atoms with van der Waals surface area (Å²) in [5, 5.41) is 2.78. The molecule has 0 unspecified atom stereocenters. The molecule has 0 radical (unpaired) electrons. The first-order chi connectivity index (χ1) is 8.74. The third-order valence-electron chi connectivity index (χ3n) is 2.36. The summed E-state index contributed by atoms with van der Waals surface area (Å²) < 4.78 is 0. The molecule has 2 aromatic carbocycles. The Morgan fingerprint density at radius 3 is 2.33 bits per heavy atom. The summed E-state index contributed by atoms with van der Waals surface area (Å²) >= 11 is 4.18. The van der Waals surface area contributed by atoms with Crippen molar-refractivity contribution in [3.63, 3.8) is 0 Å². The van der Waals surface area contributed by atoms with E-state index in [0.29, 0.717) is 0 Å². The summed E-state index contributed by atoms with van der Waals surface area (Å²) in [7, 11) is 0. The number of anilines is 1. The number of thiol groups is 1. The van der Waals surface area contributed by atoms with E-state index < -0.39 is 0 Å². The quantitative estimate of drug-likeness (QED) is 0.636. The molecule has 90 valence electrons. The highest BCUT2D eigenvalue weighted by molar-refractivity contribution is 7.80. The first-order valence-electron chi connectivity index (χ1n) is 5.57. The van der Waals surface area contributed by atoms with Crippen LogP contribution in [0, 0.1) is 0 Å². The van der Waals surface area contributed by atoms with Gasteiger partial charge in [0.2, 0.25) is 5.91 Å². The van der Waals surface area contributed by atoms with E-state index in [1.54, 1.807) is 6.08 Å². The Balaban J connectivity index is 1.97. The maximum absolute atomic E-state index is 11.7. The highest BCUT2D eigenvalue weighted by Gasteiger charge is 1.97. The molecule has 0 aliphatic carbocycles. The molecule has 18 heavy (non-hydrogen) atoms. The lowest BCUT2D eigenvalue weighted by Crippen LogP contribution is -2.07. The van der Waals surface area contributed by atoms with E-state index in [-0.39, 0.29) is 5.91 Å². The standard InChI is InChI=1S/C15H13NOS/c17-15(11-6-12-4-2-1-3-5-12)16-13-7-9-14(18)10-8-13/h1-11,18H,(H,16,17)/b11-6+. The van der Waals surface area contributed by atoms with Gasteiger partial charge in [0.1, 0.15) is 0 Å². The monoisotopic (exact) mass is 255 g/mol. The zero-order chi connectivity index (χ0) is 12.8. The summed E-state index contributed by atoms with van der Waals surface area (Å²) in [6, 6.07) is 17.0. The topological polar surface area (TPSA) is 29.1 Å². The van der Waals surface area contributed by atoms with Gasteiger partial charge in [-0.2, -0.15) is 0 Å². The van der Waals surface area contributed by atoms with Crippen LogP contribution in [0.25, 0.3) is 6.08 Å². The summed E-state index contributed by atoms with van der Waals surface area (Å²) in [5.41, 5.74) is 1.76. The fourth-order valence-electron chi connectivity index (χ4n) is 1.46. The predicted octanol–water partition coefficient (Wildman–Crippen LogP) is 3.63. The average molecular weight is 255 g/mol. The summed E-state index contributed by atoms with van der Waals surface area (Å²) in [5.74, 6) is -0.147. The molecule has 0 atom stereocenters. The molecule has 1 amide bonds. The van der Waals surface area contributed by atoms with Gasteiger partial charge in [0.25, 0.3) is 0 Å². The van der Waals surface area contributed by atoms with Crippen LogP contribution in [0.4, 0.5) is 5.69 Å². The Hall–Kier alpha value is -2.00. The number of hydrogen-bond acceptors (Lipinski definition) is 2. The normalized spacial score (nSPS) is 10.5. The number of nitrogens with one attached hydrogen (secondary N) is 1. The van der Waals surface area contributed by atoms with E-state index in [9.17, 15) is 4.79 Å². The third kappa shape index (κ3) is 3.79. The van der Waals surface area contributed by atoms with E-state index in [1.165, 1.54) is 6.08 Å². The molecule has 0 fully saturated rings. The maximum Gasteiger partial charge on any atom is 0.248 e. The zero-order valence-electron chi connectivity index (χ0n) is 9.71. The van der Waals surface area contributed by atoms with Gasteiger partial charge in [-0.1, -0.05) is 30.3 Å². The fourth-order valence-corrected chi connectivity index (χ4v) is 1.61. The van der Waals surface area contributed by atoms with Crippen LogP contribution in [-0.2, 0) is 4.79 Å². The Morgan fingerprint density at radius 2 is 1.67 bits per heavy atom. The number of carbonyl (C=O) groups excluding carboxylic acids is 1. The van der Waals surface area contributed by atoms with Gasteiger partial charge >= 0.3 is 0 Å². The van der Waals surface area contributed by atoms with Crippen molar-refractivity contribution in [3.05, 3.63) is 66.2 Å². The van der Waals surface area contributed by atoms with Crippen LogP contribution in [0.1, 0.15) is 5.56 Å². The molecule has 3 heteroatoms. The average Bonchev–Trinajstić information content (AvgIpc) is 2.40. The summed E-state index contributed by atoms with van der Waals surface area (Å²) in [4.78, 5) is 12.5. The van der Waals surface area contributed by atoms with Gasteiger partial charge in [0.15, 0.2) is 0 Å². The molecular weight excluding hydrogens is 242 g/mol. The minimum Gasteiger partial charge on any atom is -0.323 e. The fraction of sp³-hybridized carbons (Fsp3) is 0. The van der Waals surface area contributed by atoms with Crippen LogP contribution < -0.4 is 5.32 Å². The van der Waals surface area contributed by atoms with Crippen molar-refractivity contribution in [2.24, 2.45) is 0 Å². The molecule has 2 rings (SSSR count). The van der Waals surface area contributed by atoms with Crippen molar-refractivity contribution in [3.8, 4) is 0 Å². The molecule has 0 aliphatic heterocycles. The zero-order valence-corrected chi connectivity index (χ0v) is 10.6. The van der Waals surface area contributed by atoms with Crippen LogP contribution >= 0.6 is 12.6 Å². The van der Waals surface area contributed by atoms with Gasteiger partial charge in [0, 0.05) is 16.7 Å². The number of carbonyl (C=O) groups is 1. The Labute approximate surface area is 112 Å². The molecule has 0 heterocycles. The van der Waals surface area contributed by atoms with Crippen molar-refractivity contribution in [1.82, 2.24) is 0 Å². The summed E-state index contributed by atoms with van der Waals surface area (Å²) in [6.07, 6.45) is 3.30. The number of amides is 1. The minimum absolute atomic E-state index is 0.147. The predicted molar refractivity (Wildman–Crippen MR) is 77.8 cm³/mol.